The van der Waals surface area contributed by atoms with Crippen LogP contribution in [-0.4, -0.2) is 39.1 Å². The minimum atomic E-state index is -0.434. The number of aromatic nitrogens is 2. The van der Waals surface area contributed by atoms with Crippen LogP contribution in [0.3, 0.4) is 0 Å². The van der Waals surface area contributed by atoms with Gasteiger partial charge in [-0.2, -0.15) is 5.10 Å². The Balaban J connectivity index is 1.46. The van der Waals surface area contributed by atoms with Crippen molar-refractivity contribution in [1.82, 2.24) is 14.7 Å². The van der Waals surface area contributed by atoms with Crippen LogP contribution in [0.4, 0.5) is 10.2 Å². The van der Waals surface area contributed by atoms with Gasteiger partial charge in [-0.1, -0.05) is 31.4 Å². The summed E-state index contributed by atoms with van der Waals surface area (Å²) in [5.41, 5.74) is 1.60. The van der Waals surface area contributed by atoms with E-state index in [-0.39, 0.29) is 23.5 Å². The summed E-state index contributed by atoms with van der Waals surface area (Å²) in [6.07, 6.45) is 8.47. The maximum Gasteiger partial charge on any atom is 0.248 e. The van der Waals surface area contributed by atoms with Crippen LogP contribution in [0, 0.1) is 18.7 Å². The summed E-state index contributed by atoms with van der Waals surface area (Å²) in [6, 6.07) is 5.92. The molecule has 2 amide bonds. The smallest absolute Gasteiger partial charge is 0.248 e. The van der Waals surface area contributed by atoms with Gasteiger partial charge in [-0.3, -0.25) is 9.59 Å². The minimum absolute atomic E-state index is 0.0624. The van der Waals surface area contributed by atoms with Crippen molar-refractivity contribution in [2.45, 2.75) is 64.5 Å². The van der Waals surface area contributed by atoms with Crippen molar-refractivity contribution in [3.8, 4) is 0 Å². The van der Waals surface area contributed by atoms with Crippen molar-refractivity contribution in [3.05, 3.63) is 47.4 Å². The van der Waals surface area contributed by atoms with Gasteiger partial charge in [0.2, 0.25) is 11.8 Å². The summed E-state index contributed by atoms with van der Waals surface area (Å²) in [5.74, 6) is 0.330. The first-order chi connectivity index (χ1) is 14.5. The molecular formula is C23H29FN4O2. The van der Waals surface area contributed by atoms with Crippen LogP contribution < -0.4 is 5.32 Å². The largest absolute Gasteiger partial charge is 0.330 e. The lowest BCUT2D eigenvalue weighted by atomic mass is 9.88. The molecule has 1 saturated carbocycles. The van der Waals surface area contributed by atoms with Crippen LogP contribution in [0.1, 0.15) is 56.1 Å². The molecule has 0 radical (unpaired) electrons. The van der Waals surface area contributed by atoms with E-state index in [1.807, 2.05) is 13.0 Å². The normalized spacial score (nSPS) is 19.8. The van der Waals surface area contributed by atoms with E-state index in [0.29, 0.717) is 25.3 Å². The van der Waals surface area contributed by atoms with Gasteiger partial charge in [0.05, 0.1) is 12.7 Å². The van der Waals surface area contributed by atoms with Crippen molar-refractivity contribution in [3.63, 3.8) is 0 Å². The molecule has 1 aromatic carbocycles. The number of anilines is 1. The molecule has 1 atom stereocenters. The van der Waals surface area contributed by atoms with Crippen molar-refractivity contribution in [2.75, 3.05) is 11.9 Å². The topological polar surface area (TPSA) is 67.2 Å². The Kier molecular flexibility index (Phi) is 6.16. The zero-order valence-corrected chi connectivity index (χ0v) is 17.4. The summed E-state index contributed by atoms with van der Waals surface area (Å²) in [5, 5.41) is 7.34. The molecule has 1 aliphatic heterocycles. The molecule has 2 aliphatic rings. The summed E-state index contributed by atoms with van der Waals surface area (Å²) in [7, 11) is 0. The third-order valence-electron chi connectivity index (χ3n) is 6.28. The molecule has 6 nitrogen and oxygen atoms in total. The van der Waals surface area contributed by atoms with Crippen LogP contribution >= 0.6 is 0 Å². The molecule has 2 fully saturated rings. The second kappa shape index (κ2) is 8.98. The Labute approximate surface area is 176 Å². The lowest BCUT2D eigenvalue weighted by Gasteiger charge is -2.30. The monoisotopic (exact) mass is 412 g/mol. The van der Waals surface area contributed by atoms with Gasteiger partial charge >= 0.3 is 0 Å². The van der Waals surface area contributed by atoms with Gasteiger partial charge in [0, 0.05) is 18.0 Å². The molecule has 1 unspecified atom stereocenters. The number of hydrogen-bond acceptors (Lipinski definition) is 3. The zero-order chi connectivity index (χ0) is 21.1. The molecule has 1 N–H and O–H groups in total. The number of nitrogens with one attached hydrogen (secondary N) is 1. The molecular weight excluding hydrogens is 383 g/mol. The molecule has 2 aromatic rings. The quantitative estimate of drug-likeness (QED) is 0.810. The molecule has 160 valence electrons. The maximum atomic E-state index is 13.5. The maximum absolute atomic E-state index is 13.5. The Bertz CT molecular complexity index is 920. The lowest BCUT2D eigenvalue weighted by molar-refractivity contribution is -0.141. The molecule has 2 heterocycles. The van der Waals surface area contributed by atoms with Crippen molar-refractivity contribution in [2.24, 2.45) is 5.92 Å². The van der Waals surface area contributed by atoms with Gasteiger partial charge in [0.25, 0.3) is 0 Å². The zero-order valence-electron chi connectivity index (χ0n) is 17.4. The minimum Gasteiger partial charge on any atom is -0.330 e. The first kappa shape index (κ1) is 20.6. The van der Waals surface area contributed by atoms with Crippen LogP contribution in [0.25, 0.3) is 0 Å². The number of benzene rings is 1. The van der Waals surface area contributed by atoms with E-state index in [1.165, 1.54) is 18.6 Å². The van der Waals surface area contributed by atoms with Gasteiger partial charge in [0.15, 0.2) is 0 Å². The fourth-order valence-corrected chi connectivity index (χ4v) is 4.66. The van der Waals surface area contributed by atoms with E-state index in [2.05, 4.69) is 10.4 Å². The molecule has 1 aliphatic carbocycles. The fraction of sp³-hybridized carbons (Fsp3) is 0.522. The highest BCUT2D eigenvalue weighted by Crippen LogP contribution is 2.29. The fourth-order valence-electron chi connectivity index (χ4n) is 4.66. The first-order valence-electron chi connectivity index (χ1n) is 10.9. The van der Waals surface area contributed by atoms with Gasteiger partial charge < -0.3 is 10.2 Å². The van der Waals surface area contributed by atoms with E-state index in [9.17, 15) is 14.0 Å². The van der Waals surface area contributed by atoms with E-state index in [4.69, 9.17) is 0 Å². The molecule has 0 spiro atoms. The van der Waals surface area contributed by atoms with Gasteiger partial charge in [-0.15, -0.1) is 0 Å². The van der Waals surface area contributed by atoms with E-state index < -0.39 is 6.04 Å². The Hall–Kier alpha value is -2.70. The molecule has 1 aromatic heterocycles. The summed E-state index contributed by atoms with van der Waals surface area (Å²) in [4.78, 5) is 27.9. The van der Waals surface area contributed by atoms with Crippen molar-refractivity contribution < 1.29 is 14.0 Å². The standard InChI is InChI=1S/C23H29FN4O2/c1-16-14-25-28(15-17-7-5-10-19(24)13-17)21(16)26-22(29)20-11-6-12-27(20)23(30)18-8-3-2-4-9-18/h5,7,10,13-14,18,20H,2-4,6,8-9,11-12,15H2,1H3,(H,26,29). The molecule has 4 rings (SSSR count). The van der Waals surface area contributed by atoms with Crippen LogP contribution in [0.15, 0.2) is 30.5 Å². The summed E-state index contributed by atoms with van der Waals surface area (Å²) in [6.45, 7) is 2.88. The number of halogens is 1. The number of rotatable bonds is 5. The first-order valence-corrected chi connectivity index (χ1v) is 10.9. The predicted octanol–water partition coefficient (Wildman–Crippen LogP) is 3.89. The highest BCUT2D eigenvalue weighted by Gasteiger charge is 2.37. The number of carbonyl (C=O) groups is 2. The summed E-state index contributed by atoms with van der Waals surface area (Å²) >= 11 is 0. The average Bonchev–Trinajstić information content (AvgIpc) is 3.36. The number of likely N-dealkylation sites (tertiary alicyclic amines) is 1. The lowest BCUT2D eigenvalue weighted by Crippen LogP contribution is -2.46. The number of amides is 2. The number of aryl methyl sites for hydroxylation is 1. The van der Waals surface area contributed by atoms with E-state index in [0.717, 1.165) is 43.2 Å². The Morgan fingerprint density at radius 1 is 1.17 bits per heavy atom. The predicted molar refractivity (Wildman–Crippen MR) is 112 cm³/mol. The summed E-state index contributed by atoms with van der Waals surface area (Å²) < 4.78 is 15.2. The highest BCUT2D eigenvalue weighted by molar-refractivity contribution is 5.97. The van der Waals surface area contributed by atoms with Gasteiger partial charge in [0.1, 0.15) is 17.7 Å². The SMILES string of the molecule is Cc1cnn(Cc2cccc(F)c2)c1NC(=O)C1CCCN1C(=O)C1CCCCC1. The number of nitrogens with zero attached hydrogens (tertiary/aromatic N) is 3. The number of hydrogen-bond donors (Lipinski definition) is 1. The van der Waals surface area contributed by atoms with Gasteiger partial charge in [-0.25, -0.2) is 9.07 Å². The third-order valence-corrected chi connectivity index (χ3v) is 6.28. The molecule has 1 saturated heterocycles. The van der Waals surface area contributed by atoms with E-state index in [1.54, 1.807) is 21.8 Å². The molecule has 0 bridgehead atoms. The molecule has 30 heavy (non-hydrogen) atoms. The molecule has 7 heteroatoms. The van der Waals surface area contributed by atoms with Gasteiger partial charge in [-0.05, 0) is 50.3 Å². The number of carbonyl (C=O) groups excluding carboxylic acids is 2. The Morgan fingerprint density at radius 2 is 1.97 bits per heavy atom. The van der Waals surface area contributed by atoms with Crippen LogP contribution in [-0.2, 0) is 16.1 Å². The average molecular weight is 413 g/mol. The van der Waals surface area contributed by atoms with E-state index >= 15 is 0 Å². The van der Waals surface area contributed by atoms with Crippen molar-refractivity contribution in [1.29, 1.82) is 0 Å². The van der Waals surface area contributed by atoms with Crippen LogP contribution in [0.5, 0.6) is 0 Å². The third kappa shape index (κ3) is 4.40. The highest BCUT2D eigenvalue weighted by atomic mass is 19.1. The van der Waals surface area contributed by atoms with Crippen LogP contribution in [0.2, 0.25) is 0 Å². The Morgan fingerprint density at radius 3 is 2.73 bits per heavy atom. The second-order valence-electron chi connectivity index (χ2n) is 8.48. The van der Waals surface area contributed by atoms with Crippen molar-refractivity contribution >= 4 is 17.6 Å². The second-order valence-corrected chi connectivity index (χ2v) is 8.48.